The van der Waals surface area contributed by atoms with Gasteiger partial charge < -0.3 is 5.32 Å². The van der Waals surface area contributed by atoms with Crippen molar-refractivity contribution < 1.29 is 4.79 Å². The number of unbranched alkanes of at least 4 members (excludes halogenated alkanes) is 1. The average Bonchev–Trinajstić information content (AvgIpc) is 3.08. The molecule has 0 amide bonds. The number of Topliss-reactive ketones (excluding diaryl/α,β-unsaturated/α-hetero) is 1. The molecule has 21 heavy (non-hydrogen) atoms. The summed E-state index contributed by atoms with van der Waals surface area (Å²) in [5, 5.41) is 4.59. The van der Waals surface area contributed by atoms with Crippen LogP contribution in [0.25, 0.3) is 0 Å². The van der Waals surface area contributed by atoms with Crippen LogP contribution in [0.3, 0.4) is 0 Å². The molecular weight excluding hydrogens is 305 g/mol. The average molecular weight is 326 g/mol. The molecular formula is C17H21Cl2NO. The summed E-state index contributed by atoms with van der Waals surface area (Å²) < 4.78 is 0. The van der Waals surface area contributed by atoms with Crippen LogP contribution in [0.15, 0.2) is 18.2 Å². The molecule has 2 aliphatic heterocycles. The minimum absolute atomic E-state index is 0.240. The Morgan fingerprint density at radius 3 is 2.71 bits per heavy atom. The third kappa shape index (κ3) is 2.62. The molecule has 2 saturated heterocycles. The summed E-state index contributed by atoms with van der Waals surface area (Å²) in [7, 11) is 0. The van der Waals surface area contributed by atoms with Gasteiger partial charge in [0.25, 0.3) is 0 Å². The van der Waals surface area contributed by atoms with Crippen LogP contribution in [-0.4, -0.2) is 17.9 Å². The fourth-order valence-electron chi connectivity index (χ4n) is 4.06. The minimum atomic E-state index is -0.240. The van der Waals surface area contributed by atoms with E-state index in [0.29, 0.717) is 27.7 Å². The summed E-state index contributed by atoms with van der Waals surface area (Å²) in [6.07, 6.45) is 6.47. The first kappa shape index (κ1) is 15.3. The van der Waals surface area contributed by atoms with Gasteiger partial charge >= 0.3 is 0 Å². The second-order valence-corrected chi connectivity index (χ2v) is 7.23. The van der Waals surface area contributed by atoms with Gasteiger partial charge in [0, 0.05) is 17.6 Å². The lowest BCUT2D eigenvalue weighted by Gasteiger charge is -2.35. The van der Waals surface area contributed by atoms with Crippen molar-refractivity contribution in [3.63, 3.8) is 0 Å². The molecule has 2 heterocycles. The first-order valence-corrected chi connectivity index (χ1v) is 8.58. The van der Waals surface area contributed by atoms with Gasteiger partial charge in [0.05, 0.1) is 15.5 Å². The standard InChI is InChI=1S/C17H21Cl2NO/c1-2-3-8-17(10-12-5-7-15(17)20-12)16(21)11-4-6-13(18)14(19)9-11/h4,6,9,12,15,20H,2-3,5,7-8,10H2,1H3/t12-,15+,17-/m0/s1. The van der Waals surface area contributed by atoms with E-state index in [2.05, 4.69) is 12.2 Å². The van der Waals surface area contributed by atoms with Gasteiger partial charge in [-0.2, -0.15) is 0 Å². The maximum Gasteiger partial charge on any atom is 0.170 e. The second kappa shape index (κ2) is 5.91. The Hall–Kier alpha value is -0.570. The molecule has 2 fully saturated rings. The summed E-state index contributed by atoms with van der Waals surface area (Å²) in [6.45, 7) is 2.18. The molecule has 4 heteroatoms. The fraction of sp³-hybridized carbons (Fsp3) is 0.588. The Kier molecular flexibility index (Phi) is 4.31. The van der Waals surface area contributed by atoms with E-state index in [1.54, 1.807) is 12.1 Å². The zero-order valence-corrected chi connectivity index (χ0v) is 13.8. The molecule has 0 spiro atoms. The van der Waals surface area contributed by atoms with Gasteiger partial charge in [-0.05, 0) is 43.9 Å². The molecule has 2 bridgehead atoms. The van der Waals surface area contributed by atoms with Crippen molar-refractivity contribution in [2.45, 2.75) is 57.5 Å². The van der Waals surface area contributed by atoms with Crippen LogP contribution in [-0.2, 0) is 0 Å². The molecule has 3 atom stereocenters. The maximum atomic E-state index is 13.2. The zero-order chi connectivity index (χ0) is 15.0. The molecule has 0 saturated carbocycles. The lowest BCUT2D eigenvalue weighted by Crippen LogP contribution is -2.42. The molecule has 114 valence electrons. The number of hydrogen-bond acceptors (Lipinski definition) is 2. The number of ketones is 1. The SMILES string of the molecule is CCCC[C@]1(C(=O)c2ccc(Cl)c(Cl)c2)C[C@@H]2CC[C@H]1N2. The van der Waals surface area contributed by atoms with E-state index in [0.717, 1.165) is 32.1 Å². The molecule has 1 aromatic rings. The number of hydrogen-bond donors (Lipinski definition) is 1. The van der Waals surface area contributed by atoms with E-state index in [-0.39, 0.29) is 11.2 Å². The molecule has 2 nitrogen and oxygen atoms in total. The molecule has 1 N–H and O–H groups in total. The number of nitrogens with one attached hydrogen (secondary N) is 1. The highest BCUT2D eigenvalue weighted by atomic mass is 35.5. The van der Waals surface area contributed by atoms with E-state index < -0.39 is 0 Å². The van der Waals surface area contributed by atoms with E-state index in [1.165, 1.54) is 6.42 Å². The fourth-order valence-corrected chi connectivity index (χ4v) is 4.35. The van der Waals surface area contributed by atoms with Gasteiger partial charge in [-0.25, -0.2) is 0 Å². The Morgan fingerprint density at radius 2 is 2.14 bits per heavy atom. The van der Waals surface area contributed by atoms with Crippen molar-refractivity contribution >= 4 is 29.0 Å². The van der Waals surface area contributed by atoms with Crippen LogP contribution in [0.1, 0.15) is 55.8 Å². The van der Waals surface area contributed by atoms with Crippen LogP contribution >= 0.6 is 23.2 Å². The molecule has 0 unspecified atom stereocenters. The number of carbonyl (C=O) groups is 1. The van der Waals surface area contributed by atoms with Crippen LogP contribution in [0.2, 0.25) is 10.0 Å². The molecule has 0 radical (unpaired) electrons. The smallest absolute Gasteiger partial charge is 0.170 e. The number of benzene rings is 1. The number of carbonyl (C=O) groups excluding carboxylic acids is 1. The van der Waals surface area contributed by atoms with E-state index >= 15 is 0 Å². The molecule has 0 aromatic heterocycles. The highest BCUT2D eigenvalue weighted by Crippen LogP contribution is 2.49. The van der Waals surface area contributed by atoms with E-state index in [1.807, 2.05) is 6.07 Å². The van der Waals surface area contributed by atoms with Gasteiger partial charge in [0.15, 0.2) is 5.78 Å². The van der Waals surface area contributed by atoms with Crippen molar-refractivity contribution in [2.75, 3.05) is 0 Å². The summed E-state index contributed by atoms with van der Waals surface area (Å²) in [5.74, 6) is 0.245. The lowest BCUT2D eigenvalue weighted by atomic mass is 9.66. The Bertz CT molecular complexity index is 560. The van der Waals surface area contributed by atoms with Crippen LogP contribution in [0.5, 0.6) is 0 Å². The van der Waals surface area contributed by atoms with E-state index in [4.69, 9.17) is 23.2 Å². The highest BCUT2D eigenvalue weighted by molar-refractivity contribution is 6.42. The van der Waals surface area contributed by atoms with Crippen molar-refractivity contribution in [1.29, 1.82) is 0 Å². The van der Waals surface area contributed by atoms with Crippen molar-refractivity contribution in [1.82, 2.24) is 5.32 Å². The van der Waals surface area contributed by atoms with Gasteiger partial charge in [-0.3, -0.25) is 4.79 Å². The highest BCUT2D eigenvalue weighted by Gasteiger charge is 2.54. The van der Waals surface area contributed by atoms with Crippen molar-refractivity contribution in [3.8, 4) is 0 Å². The quantitative estimate of drug-likeness (QED) is 0.782. The van der Waals surface area contributed by atoms with Gasteiger partial charge in [-0.15, -0.1) is 0 Å². The predicted molar refractivity (Wildman–Crippen MR) is 87.3 cm³/mol. The van der Waals surface area contributed by atoms with Crippen molar-refractivity contribution in [3.05, 3.63) is 33.8 Å². The molecule has 0 aliphatic carbocycles. The summed E-state index contributed by atoms with van der Waals surface area (Å²) >= 11 is 12.1. The van der Waals surface area contributed by atoms with E-state index in [9.17, 15) is 4.79 Å². The van der Waals surface area contributed by atoms with Crippen LogP contribution in [0, 0.1) is 5.41 Å². The van der Waals surface area contributed by atoms with Crippen molar-refractivity contribution in [2.24, 2.45) is 5.41 Å². The third-order valence-electron chi connectivity index (χ3n) is 5.13. The molecule has 2 aliphatic rings. The Balaban J connectivity index is 1.92. The maximum absolute atomic E-state index is 13.2. The van der Waals surface area contributed by atoms with Gasteiger partial charge in [-0.1, -0.05) is 43.0 Å². The Morgan fingerprint density at radius 1 is 1.33 bits per heavy atom. The third-order valence-corrected chi connectivity index (χ3v) is 5.87. The van der Waals surface area contributed by atoms with Gasteiger partial charge in [0.1, 0.15) is 0 Å². The number of fused-ring (bicyclic) bond motifs is 2. The minimum Gasteiger partial charge on any atom is -0.310 e. The first-order chi connectivity index (χ1) is 10.1. The predicted octanol–water partition coefficient (Wildman–Crippen LogP) is 4.88. The number of rotatable bonds is 5. The topological polar surface area (TPSA) is 29.1 Å². The molecule has 3 rings (SSSR count). The van der Waals surface area contributed by atoms with Crippen LogP contribution in [0.4, 0.5) is 0 Å². The van der Waals surface area contributed by atoms with Crippen LogP contribution < -0.4 is 5.32 Å². The molecule has 1 aromatic carbocycles. The summed E-state index contributed by atoms with van der Waals surface area (Å²) in [4.78, 5) is 13.2. The number of halogens is 2. The normalized spacial score (nSPS) is 30.8. The monoisotopic (exact) mass is 325 g/mol. The first-order valence-electron chi connectivity index (χ1n) is 7.83. The Labute approximate surface area is 136 Å². The summed E-state index contributed by atoms with van der Waals surface area (Å²) in [6, 6.07) is 6.11. The largest absolute Gasteiger partial charge is 0.310 e. The second-order valence-electron chi connectivity index (χ2n) is 6.42. The van der Waals surface area contributed by atoms with Gasteiger partial charge in [0.2, 0.25) is 0 Å². The zero-order valence-electron chi connectivity index (χ0n) is 12.3. The summed E-state index contributed by atoms with van der Waals surface area (Å²) in [5.41, 5.74) is 0.464. The lowest BCUT2D eigenvalue weighted by molar-refractivity contribution is 0.0717.